The molecule has 0 aliphatic rings. The van der Waals surface area contributed by atoms with E-state index in [4.69, 9.17) is 0 Å². The van der Waals surface area contributed by atoms with Crippen molar-refractivity contribution in [3.05, 3.63) is 29.8 Å². The second-order valence-electron chi connectivity index (χ2n) is 4.08. The fourth-order valence-corrected chi connectivity index (χ4v) is 1.49. The fourth-order valence-electron chi connectivity index (χ4n) is 1.49. The highest BCUT2D eigenvalue weighted by molar-refractivity contribution is 6.36. The molecule has 1 aromatic rings. The summed E-state index contributed by atoms with van der Waals surface area (Å²) < 4.78 is 8.98. The minimum Gasteiger partial charge on any atom is -0.507 e. The fraction of sp³-hybridized carbons (Fsp3) is 0.286. The highest BCUT2D eigenvalue weighted by Gasteiger charge is 2.16. The van der Waals surface area contributed by atoms with E-state index in [-0.39, 0.29) is 29.9 Å². The number of carbonyl (C=O) groups excluding carboxylic acids is 3. The van der Waals surface area contributed by atoms with Crippen LogP contribution in [0, 0.1) is 0 Å². The maximum Gasteiger partial charge on any atom is 0.354 e. The number of rotatable bonds is 6. The SMILES string of the molecule is COC(=O)CC/C(=N/NC(=O)c1ccccc1O)C(=O)OC. The van der Waals surface area contributed by atoms with Crippen molar-refractivity contribution in [2.24, 2.45) is 5.10 Å². The van der Waals surface area contributed by atoms with Gasteiger partial charge in [-0.1, -0.05) is 12.1 Å². The smallest absolute Gasteiger partial charge is 0.354 e. The Hall–Kier alpha value is -2.90. The Balaban J connectivity index is 2.80. The van der Waals surface area contributed by atoms with Gasteiger partial charge in [0.25, 0.3) is 5.91 Å². The minimum atomic E-state index is -0.776. The van der Waals surface area contributed by atoms with Crippen LogP contribution in [0.3, 0.4) is 0 Å². The molecule has 0 spiro atoms. The predicted octanol–water partition coefficient (Wildman–Crippen LogP) is 0.604. The molecule has 8 heteroatoms. The number of nitrogens with zero attached hydrogens (tertiary/aromatic N) is 1. The highest BCUT2D eigenvalue weighted by Crippen LogP contribution is 2.14. The number of para-hydroxylation sites is 1. The van der Waals surface area contributed by atoms with Gasteiger partial charge in [-0.25, -0.2) is 10.2 Å². The first-order valence-electron chi connectivity index (χ1n) is 6.29. The van der Waals surface area contributed by atoms with Gasteiger partial charge < -0.3 is 14.6 Å². The van der Waals surface area contributed by atoms with Crippen molar-refractivity contribution in [1.82, 2.24) is 5.43 Å². The summed E-state index contributed by atoms with van der Waals surface area (Å²) in [5.41, 5.74) is 1.99. The first-order chi connectivity index (χ1) is 10.5. The maximum atomic E-state index is 11.9. The van der Waals surface area contributed by atoms with Gasteiger partial charge in [0, 0.05) is 6.42 Å². The molecule has 0 atom stereocenters. The van der Waals surface area contributed by atoms with Gasteiger partial charge in [-0.15, -0.1) is 0 Å². The van der Waals surface area contributed by atoms with Crippen LogP contribution in [0.5, 0.6) is 5.75 Å². The molecule has 0 heterocycles. The van der Waals surface area contributed by atoms with E-state index in [2.05, 4.69) is 20.0 Å². The molecular weight excluding hydrogens is 292 g/mol. The molecular formula is C14H16N2O6. The molecule has 0 fully saturated rings. The number of phenolic OH excluding ortho intramolecular Hbond substituents is 1. The van der Waals surface area contributed by atoms with Crippen molar-refractivity contribution in [2.75, 3.05) is 14.2 Å². The van der Waals surface area contributed by atoms with E-state index in [9.17, 15) is 19.5 Å². The predicted molar refractivity (Wildman–Crippen MR) is 76.3 cm³/mol. The molecule has 1 amide bonds. The third-order valence-corrected chi connectivity index (χ3v) is 2.66. The zero-order valence-electron chi connectivity index (χ0n) is 12.2. The Labute approximate surface area is 126 Å². The Bertz CT molecular complexity index is 597. The summed E-state index contributed by atoms with van der Waals surface area (Å²) in [5.74, 6) is -2.22. The second-order valence-corrected chi connectivity index (χ2v) is 4.08. The number of benzene rings is 1. The number of phenols is 1. The Morgan fingerprint density at radius 1 is 1.14 bits per heavy atom. The average Bonchev–Trinajstić information content (AvgIpc) is 2.53. The van der Waals surface area contributed by atoms with Crippen LogP contribution >= 0.6 is 0 Å². The number of aromatic hydroxyl groups is 1. The van der Waals surface area contributed by atoms with Crippen molar-refractivity contribution in [3.8, 4) is 5.75 Å². The molecule has 0 saturated carbocycles. The summed E-state index contributed by atoms with van der Waals surface area (Å²) >= 11 is 0. The molecule has 1 aromatic carbocycles. The molecule has 0 bridgehead atoms. The van der Waals surface area contributed by atoms with Crippen molar-refractivity contribution < 1.29 is 29.0 Å². The summed E-state index contributed by atoms with van der Waals surface area (Å²) in [4.78, 5) is 34.5. The minimum absolute atomic E-state index is 0.00318. The van der Waals surface area contributed by atoms with Gasteiger partial charge in [0.15, 0.2) is 0 Å². The molecule has 2 N–H and O–H groups in total. The average molecular weight is 308 g/mol. The molecule has 0 aliphatic carbocycles. The zero-order chi connectivity index (χ0) is 16.5. The standard InChI is InChI=1S/C14H16N2O6/c1-21-12(18)8-7-10(14(20)22-2)15-16-13(19)9-5-3-4-6-11(9)17/h3-6,17H,7-8H2,1-2H3,(H,16,19)/b15-10-. The van der Waals surface area contributed by atoms with E-state index >= 15 is 0 Å². The van der Waals surface area contributed by atoms with Gasteiger partial charge in [0.05, 0.1) is 26.2 Å². The number of methoxy groups -OCH3 is 2. The molecule has 1 rings (SSSR count). The Kier molecular flexibility index (Phi) is 6.55. The number of amides is 1. The highest BCUT2D eigenvalue weighted by atomic mass is 16.5. The third kappa shape index (κ3) is 4.89. The number of nitrogens with one attached hydrogen (secondary N) is 1. The molecule has 0 saturated heterocycles. The molecule has 118 valence electrons. The summed E-state index contributed by atoms with van der Waals surface area (Å²) in [6, 6.07) is 5.87. The lowest BCUT2D eigenvalue weighted by Crippen LogP contribution is -2.25. The largest absolute Gasteiger partial charge is 0.507 e. The van der Waals surface area contributed by atoms with Crippen molar-refractivity contribution in [2.45, 2.75) is 12.8 Å². The second kappa shape index (κ2) is 8.40. The van der Waals surface area contributed by atoms with Gasteiger partial charge in [0.2, 0.25) is 0 Å². The third-order valence-electron chi connectivity index (χ3n) is 2.66. The monoisotopic (exact) mass is 308 g/mol. The van der Waals surface area contributed by atoms with Crippen LogP contribution in [-0.4, -0.2) is 42.9 Å². The molecule has 0 unspecified atom stereocenters. The van der Waals surface area contributed by atoms with E-state index < -0.39 is 17.8 Å². The van der Waals surface area contributed by atoms with E-state index in [0.29, 0.717) is 0 Å². The van der Waals surface area contributed by atoms with E-state index in [1.165, 1.54) is 19.2 Å². The van der Waals surface area contributed by atoms with Crippen LogP contribution in [-0.2, 0) is 19.1 Å². The number of esters is 2. The lowest BCUT2D eigenvalue weighted by molar-refractivity contribution is -0.140. The Morgan fingerprint density at radius 3 is 2.41 bits per heavy atom. The molecule has 8 nitrogen and oxygen atoms in total. The van der Waals surface area contributed by atoms with Crippen molar-refractivity contribution >= 4 is 23.6 Å². The van der Waals surface area contributed by atoms with E-state index in [0.717, 1.165) is 7.11 Å². The zero-order valence-corrected chi connectivity index (χ0v) is 12.2. The van der Waals surface area contributed by atoms with Gasteiger partial charge in [-0.05, 0) is 12.1 Å². The van der Waals surface area contributed by atoms with Crippen molar-refractivity contribution in [3.63, 3.8) is 0 Å². The van der Waals surface area contributed by atoms with Crippen LogP contribution in [0.1, 0.15) is 23.2 Å². The number of carbonyl (C=O) groups is 3. The summed E-state index contributed by atoms with van der Waals surface area (Å²) in [6.45, 7) is 0. The molecule has 0 aliphatic heterocycles. The first kappa shape index (κ1) is 17.2. The molecule has 0 aromatic heterocycles. The van der Waals surface area contributed by atoms with Crippen LogP contribution in [0.15, 0.2) is 29.4 Å². The van der Waals surface area contributed by atoms with Crippen LogP contribution < -0.4 is 5.43 Å². The summed E-state index contributed by atoms with van der Waals surface area (Å²) in [6.07, 6.45) is -0.142. The van der Waals surface area contributed by atoms with E-state index in [1.807, 2.05) is 0 Å². The van der Waals surface area contributed by atoms with Gasteiger partial charge in [-0.2, -0.15) is 5.10 Å². The van der Waals surface area contributed by atoms with Crippen LogP contribution in [0.4, 0.5) is 0 Å². The maximum absolute atomic E-state index is 11.9. The number of ether oxygens (including phenoxy) is 2. The topological polar surface area (TPSA) is 114 Å². The first-order valence-corrected chi connectivity index (χ1v) is 6.29. The van der Waals surface area contributed by atoms with Crippen LogP contribution in [0.2, 0.25) is 0 Å². The number of hydrogen-bond donors (Lipinski definition) is 2. The normalized spacial score (nSPS) is 10.7. The molecule has 0 radical (unpaired) electrons. The number of hydrogen-bond acceptors (Lipinski definition) is 7. The van der Waals surface area contributed by atoms with Crippen molar-refractivity contribution in [1.29, 1.82) is 0 Å². The van der Waals surface area contributed by atoms with E-state index in [1.54, 1.807) is 12.1 Å². The quantitative estimate of drug-likeness (QED) is 0.452. The van der Waals surface area contributed by atoms with Gasteiger partial charge in [-0.3, -0.25) is 9.59 Å². The van der Waals surface area contributed by atoms with Gasteiger partial charge in [0.1, 0.15) is 11.5 Å². The van der Waals surface area contributed by atoms with Crippen LogP contribution in [0.25, 0.3) is 0 Å². The summed E-state index contributed by atoms with van der Waals surface area (Å²) in [7, 11) is 2.37. The lowest BCUT2D eigenvalue weighted by atomic mass is 10.2. The van der Waals surface area contributed by atoms with Gasteiger partial charge >= 0.3 is 11.9 Å². The lowest BCUT2D eigenvalue weighted by Gasteiger charge is -2.06. The molecule has 22 heavy (non-hydrogen) atoms. The Morgan fingerprint density at radius 2 is 1.82 bits per heavy atom. The number of hydrazone groups is 1. The summed E-state index contributed by atoms with van der Waals surface area (Å²) in [5, 5.41) is 13.2.